The number of methoxy groups -OCH3 is 1. The first kappa shape index (κ1) is 25.2. The lowest BCUT2D eigenvalue weighted by Crippen LogP contribution is -2.53. The molecular formula is C24H32N4O6. The lowest BCUT2D eigenvalue weighted by Gasteiger charge is -2.24. The highest BCUT2D eigenvalue weighted by molar-refractivity contribution is 6.02. The molecule has 0 saturated carbocycles. The van der Waals surface area contributed by atoms with Crippen molar-refractivity contribution in [3.8, 4) is 5.75 Å². The van der Waals surface area contributed by atoms with Crippen LogP contribution in [0.4, 0.5) is 0 Å². The third kappa shape index (κ3) is 5.93. The van der Waals surface area contributed by atoms with Gasteiger partial charge in [-0.15, -0.1) is 0 Å². The number of carbonyl (C=O) groups is 4. The number of hydrogen-bond acceptors (Lipinski definition) is 6. The fourth-order valence-corrected chi connectivity index (χ4v) is 4.17. The van der Waals surface area contributed by atoms with E-state index in [0.717, 1.165) is 10.9 Å². The van der Waals surface area contributed by atoms with Crippen molar-refractivity contribution in [1.29, 1.82) is 0 Å². The SMILES string of the molecule is COc1cccc2[nH]c(C(=O)N[C@@H](CC(C)C)C(=O)N[C@@H](C[C@@H]3CCNC3=O)C(=O)CO)cc12. The van der Waals surface area contributed by atoms with E-state index in [2.05, 4.69) is 20.9 Å². The molecule has 10 nitrogen and oxygen atoms in total. The summed E-state index contributed by atoms with van der Waals surface area (Å²) in [5, 5.41) is 18.2. The van der Waals surface area contributed by atoms with Crippen LogP contribution < -0.4 is 20.7 Å². The highest BCUT2D eigenvalue weighted by Crippen LogP contribution is 2.26. The first-order valence-electron chi connectivity index (χ1n) is 11.4. The van der Waals surface area contributed by atoms with Gasteiger partial charge >= 0.3 is 0 Å². The monoisotopic (exact) mass is 472 g/mol. The summed E-state index contributed by atoms with van der Waals surface area (Å²) in [6, 6.07) is 5.14. The third-order valence-electron chi connectivity index (χ3n) is 5.96. The fraction of sp³-hybridized carbons (Fsp3) is 0.500. The van der Waals surface area contributed by atoms with Gasteiger partial charge in [0.2, 0.25) is 11.8 Å². The van der Waals surface area contributed by atoms with Crippen LogP contribution in [-0.2, 0) is 14.4 Å². The summed E-state index contributed by atoms with van der Waals surface area (Å²) in [5.74, 6) is -1.49. The molecule has 0 unspecified atom stereocenters. The number of aromatic nitrogens is 1. The van der Waals surface area contributed by atoms with Gasteiger partial charge in [-0.1, -0.05) is 19.9 Å². The number of aliphatic hydroxyl groups excluding tert-OH is 1. The topological polar surface area (TPSA) is 150 Å². The molecule has 2 aromatic rings. The Morgan fingerprint density at radius 1 is 1.21 bits per heavy atom. The van der Waals surface area contributed by atoms with E-state index in [1.54, 1.807) is 25.3 Å². The van der Waals surface area contributed by atoms with Crippen molar-refractivity contribution in [1.82, 2.24) is 20.9 Å². The maximum atomic E-state index is 13.1. The molecule has 3 atom stereocenters. The Balaban J connectivity index is 1.75. The van der Waals surface area contributed by atoms with Crippen LogP contribution in [0.25, 0.3) is 10.9 Å². The summed E-state index contributed by atoms with van der Waals surface area (Å²) in [6.07, 6.45) is 0.992. The zero-order chi connectivity index (χ0) is 24.8. The molecule has 5 N–H and O–H groups in total. The molecule has 1 fully saturated rings. The average molecular weight is 473 g/mol. The summed E-state index contributed by atoms with van der Waals surface area (Å²) >= 11 is 0. The molecule has 0 bridgehead atoms. The summed E-state index contributed by atoms with van der Waals surface area (Å²) in [7, 11) is 1.55. The standard InChI is InChI=1S/C24H32N4O6/c1-13(2)9-18(23(32)27-17(20(30)12-29)10-14-7-8-25-22(14)31)28-24(33)19-11-15-16(26-19)5-4-6-21(15)34-3/h4-6,11,13-14,17-18,26,29H,7-10,12H2,1-3H3,(H,25,31)(H,27,32)(H,28,33)/t14-,17-,18-/m0/s1. The molecule has 0 radical (unpaired) electrons. The first-order chi connectivity index (χ1) is 16.2. The minimum Gasteiger partial charge on any atom is -0.496 e. The van der Waals surface area contributed by atoms with Crippen molar-refractivity contribution in [2.24, 2.45) is 11.8 Å². The number of amides is 3. The number of H-pyrrole nitrogens is 1. The zero-order valence-electron chi connectivity index (χ0n) is 19.6. The maximum Gasteiger partial charge on any atom is 0.268 e. The average Bonchev–Trinajstić information content (AvgIpc) is 3.43. The Hall–Kier alpha value is -3.40. The van der Waals surface area contributed by atoms with E-state index in [-0.39, 0.29) is 23.9 Å². The summed E-state index contributed by atoms with van der Waals surface area (Å²) in [4.78, 5) is 53.4. The molecule has 1 aromatic heterocycles. The molecule has 2 heterocycles. The van der Waals surface area contributed by atoms with E-state index < -0.39 is 42.2 Å². The second kappa shape index (κ2) is 11.1. The lowest BCUT2D eigenvalue weighted by molar-refractivity contribution is -0.131. The van der Waals surface area contributed by atoms with Crippen molar-refractivity contribution in [3.63, 3.8) is 0 Å². The van der Waals surface area contributed by atoms with E-state index in [1.807, 2.05) is 19.9 Å². The number of aliphatic hydroxyl groups is 1. The van der Waals surface area contributed by atoms with Gasteiger partial charge in [-0.2, -0.15) is 0 Å². The molecule has 184 valence electrons. The Kier molecular flexibility index (Phi) is 8.27. The molecule has 10 heteroatoms. The number of Topliss-reactive ketones (excluding diaryl/α,β-unsaturated/α-hetero) is 1. The molecule has 1 aliphatic rings. The highest BCUT2D eigenvalue weighted by Gasteiger charge is 2.33. The molecule has 3 rings (SSSR count). The van der Waals surface area contributed by atoms with Crippen LogP contribution >= 0.6 is 0 Å². The fourth-order valence-electron chi connectivity index (χ4n) is 4.17. The predicted octanol–water partition coefficient (Wildman–Crippen LogP) is 0.893. The van der Waals surface area contributed by atoms with Crippen LogP contribution in [0.1, 0.15) is 43.6 Å². The lowest BCUT2D eigenvalue weighted by atomic mass is 9.95. The molecule has 3 amide bonds. The number of fused-ring (bicyclic) bond motifs is 1. The summed E-state index contributed by atoms with van der Waals surface area (Å²) < 4.78 is 5.33. The maximum absolute atomic E-state index is 13.1. The van der Waals surface area contributed by atoms with Crippen LogP contribution in [0.15, 0.2) is 24.3 Å². The van der Waals surface area contributed by atoms with Gasteiger partial charge in [0.1, 0.15) is 24.1 Å². The first-order valence-corrected chi connectivity index (χ1v) is 11.4. The molecule has 0 aliphatic carbocycles. The Morgan fingerprint density at radius 3 is 2.59 bits per heavy atom. The third-order valence-corrected chi connectivity index (χ3v) is 5.96. The van der Waals surface area contributed by atoms with E-state index in [4.69, 9.17) is 4.74 Å². The number of ketones is 1. The highest BCUT2D eigenvalue weighted by atomic mass is 16.5. The Labute approximate surface area is 197 Å². The van der Waals surface area contributed by atoms with E-state index >= 15 is 0 Å². The van der Waals surface area contributed by atoms with Crippen molar-refractivity contribution in [3.05, 3.63) is 30.0 Å². The van der Waals surface area contributed by atoms with Crippen LogP contribution in [0, 0.1) is 11.8 Å². The van der Waals surface area contributed by atoms with Gasteiger partial charge in [0.15, 0.2) is 5.78 Å². The van der Waals surface area contributed by atoms with Gasteiger partial charge in [-0.05, 0) is 43.4 Å². The predicted molar refractivity (Wildman–Crippen MR) is 125 cm³/mol. The number of rotatable bonds is 11. The Morgan fingerprint density at radius 2 is 1.97 bits per heavy atom. The number of hydrogen-bond donors (Lipinski definition) is 5. The van der Waals surface area contributed by atoms with Crippen molar-refractivity contribution in [2.75, 3.05) is 20.3 Å². The molecule has 1 saturated heterocycles. The van der Waals surface area contributed by atoms with Crippen LogP contribution in [0.5, 0.6) is 5.75 Å². The molecule has 1 aromatic carbocycles. The van der Waals surface area contributed by atoms with Gasteiger partial charge < -0.3 is 30.8 Å². The van der Waals surface area contributed by atoms with Gasteiger partial charge in [0.25, 0.3) is 5.91 Å². The normalized spacial score (nSPS) is 17.3. The van der Waals surface area contributed by atoms with E-state index in [9.17, 15) is 24.3 Å². The summed E-state index contributed by atoms with van der Waals surface area (Å²) in [6.45, 7) is 3.59. The van der Waals surface area contributed by atoms with Gasteiger partial charge in [-0.3, -0.25) is 19.2 Å². The quantitative estimate of drug-likeness (QED) is 0.328. The number of nitrogens with one attached hydrogen (secondary N) is 4. The van der Waals surface area contributed by atoms with E-state index in [0.29, 0.717) is 25.1 Å². The second-order valence-corrected chi connectivity index (χ2v) is 8.96. The molecule has 34 heavy (non-hydrogen) atoms. The Bertz CT molecular complexity index is 1060. The van der Waals surface area contributed by atoms with Gasteiger partial charge in [-0.25, -0.2) is 0 Å². The molecular weight excluding hydrogens is 440 g/mol. The largest absolute Gasteiger partial charge is 0.496 e. The van der Waals surface area contributed by atoms with Crippen molar-refractivity contribution in [2.45, 2.75) is 45.2 Å². The van der Waals surface area contributed by atoms with Crippen LogP contribution in [-0.4, -0.2) is 65.9 Å². The van der Waals surface area contributed by atoms with Crippen LogP contribution in [0.2, 0.25) is 0 Å². The minimum atomic E-state index is -1.02. The number of carbonyl (C=O) groups excluding carboxylic acids is 4. The molecule has 0 spiro atoms. The van der Waals surface area contributed by atoms with Crippen molar-refractivity contribution < 1.29 is 29.0 Å². The second-order valence-electron chi connectivity index (χ2n) is 8.96. The number of aromatic amines is 1. The number of benzene rings is 1. The minimum absolute atomic E-state index is 0.0754. The van der Waals surface area contributed by atoms with E-state index in [1.165, 1.54) is 0 Å². The van der Waals surface area contributed by atoms with Crippen molar-refractivity contribution >= 4 is 34.4 Å². The summed E-state index contributed by atoms with van der Waals surface area (Å²) in [5.41, 5.74) is 0.990. The molecule has 1 aliphatic heterocycles. The number of ether oxygens (including phenoxy) is 1. The van der Waals surface area contributed by atoms with Gasteiger partial charge in [0.05, 0.1) is 13.2 Å². The smallest absolute Gasteiger partial charge is 0.268 e. The van der Waals surface area contributed by atoms with Gasteiger partial charge in [0, 0.05) is 23.4 Å². The van der Waals surface area contributed by atoms with Crippen LogP contribution in [0.3, 0.4) is 0 Å². The zero-order valence-corrected chi connectivity index (χ0v) is 19.6.